The third-order valence-electron chi connectivity index (χ3n) is 5.51. The van der Waals surface area contributed by atoms with Gasteiger partial charge in [-0.05, 0) is 25.5 Å². The Labute approximate surface area is 147 Å². The molecule has 0 spiro atoms. The summed E-state index contributed by atoms with van der Waals surface area (Å²) in [4.78, 5) is 21.9. The molecule has 1 aromatic carbocycles. The van der Waals surface area contributed by atoms with Gasteiger partial charge in [0.05, 0.1) is 11.6 Å². The lowest BCUT2D eigenvalue weighted by atomic mass is 9.89. The zero-order valence-corrected chi connectivity index (χ0v) is 14.8. The maximum absolute atomic E-state index is 13.1. The predicted molar refractivity (Wildman–Crippen MR) is 96.4 cm³/mol. The SMILES string of the molecule is CN1C[C@@H](c2ccccc2)[C@H]2[C@@H]1CCCCN2C(=O)c1cscn1. The molecular weight excluding hydrogens is 318 g/mol. The Morgan fingerprint density at radius 3 is 2.83 bits per heavy atom. The van der Waals surface area contributed by atoms with E-state index in [0.29, 0.717) is 17.7 Å². The fourth-order valence-corrected chi connectivity index (χ4v) is 4.91. The molecule has 3 atom stereocenters. The van der Waals surface area contributed by atoms with Crippen LogP contribution in [0.4, 0.5) is 0 Å². The van der Waals surface area contributed by atoms with Crippen molar-refractivity contribution in [3.8, 4) is 0 Å². The average Bonchev–Trinajstić information content (AvgIpc) is 3.19. The van der Waals surface area contributed by atoms with Crippen LogP contribution >= 0.6 is 11.3 Å². The van der Waals surface area contributed by atoms with Gasteiger partial charge in [-0.15, -0.1) is 11.3 Å². The van der Waals surface area contributed by atoms with E-state index in [9.17, 15) is 4.79 Å². The van der Waals surface area contributed by atoms with Crippen LogP contribution in [0.1, 0.15) is 41.2 Å². The molecule has 2 fully saturated rings. The summed E-state index contributed by atoms with van der Waals surface area (Å²) in [5.74, 6) is 0.478. The van der Waals surface area contributed by atoms with Crippen molar-refractivity contribution < 1.29 is 4.79 Å². The van der Waals surface area contributed by atoms with Crippen molar-refractivity contribution in [3.05, 3.63) is 52.5 Å². The van der Waals surface area contributed by atoms with Gasteiger partial charge in [0.15, 0.2) is 0 Å². The number of aromatic nitrogens is 1. The molecule has 0 radical (unpaired) electrons. The standard InChI is InChI=1S/C19H23N3OS/c1-21-11-15(14-7-3-2-4-8-14)18-17(21)9-5-6-10-22(18)19(23)16-12-24-13-20-16/h2-4,7-8,12-13,15,17-18H,5-6,9-11H2,1H3/t15-,17-,18-/m0/s1. The van der Waals surface area contributed by atoms with Crippen molar-refractivity contribution in [2.75, 3.05) is 20.1 Å². The molecule has 0 aliphatic carbocycles. The van der Waals surface area contributed by atoms with E-state index >= 15 is 0 Å². The van der Waals surface area contributed by atoms with Crippen LogP contribution in [0.25, 0.3) is 0 Å². The second-order valence-corrected chi connectivity index (χ2v) is 7.60. The fraction of sp³-hybridized carbons (Fsp3) is 0.474. The van der Waals surface area contributed by atoms with Gasteiger partial charge >= 0.3 is 0 Å². The molecule has 4 nitrogen and oxygen atoms in total. The number of rotatable bonds is 2. The summed E-state index contributed by atoms with van der Waals surface area (Å²) >= 11 is 1.49. The molecule has 2 saturated heterocycles. The number of hydrogen-bond donors (Lipinski definition) is 0. The Bertz CT molecular complexity index is 688. The van der Waals surface area contributed by atoms with Crippen LogP contribution < -0.4 is 0 Å². The summed E-state index contributed by atoms with van der Waals surface area (Å²) in [6.07, 6.45) is 3.44. The summed E-state index contributed by atoms with van der Waals surface area (Å²) < 4.78 is 0. The Morgan fingerprint density at radius 1 is 1.25 bits per heavy atom. The zero-order chi connectivity index (χ0) is 16.5. The Kier molecular flexibility index (Phi) is 4.37. The van der Waals surface area contributed by atoms with E-state index in [1.54, 1.807) is 5.51 Å². The predicted octanol–water partition coefficient (Wildman–Crippen LogP) is 3.24. The fourth-order valence-electron chi connectivity index (χ4n) is 4.39. The van der Waals surface area contributed by atoms with Crippen molar-refractivity contribution in [2.45, 2.75) is 37.3 Å². The minimum Gasteiger partial charge on any atom is -0.332 e. The normalized spacial score (nSPS) is 27.7. The summed E-state index contributed by atoms with van der Waals surface area (Å²) in [6, 6.07) is 11.4. The Balaban J connectivity index is 1.71. The van der Waals surface area contributed by atoms with E-state index in [0.717, 1.165) is 19.5 Å². The lowest BCUT2D eigenvalue weighted by Gasteiger charge is -2.34. The lowest BCUT2D eigenvalue weighted by molar-refractivity contribution is 0.0639. The molecule has 2 aliphatic heterocycles. The van der Waals surface area contributed by atoms with Gasteiger partial charge in [0, 0.05) is 30.4 Å². The molecule has 1 amide bonds. The van der Waals surface area contributed by atoms with Crippen LogP contribution in [0.3, 0.4) is 0 Å². The number of fused-ring (bicyclic) bond motifs is 1. The number of likely N-dealkylation sites (N-methyl/N-ethyl adjacent to an activating group) is 1. The molecule has 24 heavy (non-hydrogen) atoms. The van der Waals surface area contributed by atoms with Crippen LogP contribution in [0.5, 0.6) is 0 Å². The van der Waals surface area contributed by atoms with Crippen LogP contribution in [0, 0.1) is 0 Å². The average molecular weight is 341 g/mol. The van der Waals surface area contributed by atoms with Crippen molar-refractivity contribution >= 4 is 17.2 Å². The number of amides is 1. The second-order valence-electron chi connectivity index (χ2n) is 6.88. The quantitative estimate of drug-likeness (QED) is 0.841. The van der Waals surface area contributed by atoms with E-state index in [1.807, 2.05) is 5.38 Å². The molecule has 0 bridgehead atoms. The van der Waals surface area contributed by atoms with Gasteiger partial charge in [-0.1, -0.05) is 36.8 Å². The van der Waals surface area contributed by atoms with Gasteiger partial charge in [0.25, 0.3) is 5.91 Å². The first-order chi connectivity index (χ1) is 11.8. The number of hydrogen-bond acceptors (Lipinski definition) is 4. The maximum Gasteiger partial charge on any atom is 0.273 e. The second kappa shape index (κ2) is 6.65. The lowest BCUT2D eigenvalue weighted by Crippen LogP contribution is -2.48. The van der Waals surface area contributed by atoms with Crippen molar-refractivity contribution in [2.24, 2.45) is 0 Å². The van der Waals surface area contributed by atoms with Crippen molar-refractivity contribution in [1.29, 1.82) is 0 Å². The highest BCUT2D eigenvalue weighted by molar-refractivity contribution is 7.07. The highest BCUT2D eigenvalue weighted by atomic mass is 32.1. The van der Waals surface area contributed by atoms with Crippen LogP contribution in [0.2, 0.25) is 0 Å². The van der Waals surface area contributed by atoms with E-state index < -0.39 is 0 Å². The highest BCUT2D eigenvalue weighted by Crippen LogP contribution is 2.39. The topological polar surface area (TPSA) is 36.4 Å². The monoisotopic (exact) mass is 341 g/mol. The molecule has 1 aromatic heterocycles. The molecule has 126 valence electrons. The number of thiazole rings is 1. The summed E-state index contributed by atoms with van der Waals surface area (Å²) in [6.45, 7) is 1.86. The molecular formula is C19H23N3OS. The number of benzene rings is 1. The summed E-state index contributed by atoms with van der Waals surface area (Å²) in [7, 11) is 2.21. The molecule has 3 heterocycles. The van der Waals surface area contributed by atoms with Crippen LogP contribution in [-0.2, 0) is 0 Å². The largest absolute Gasteiger partial charge is 0.332 e. The minimum absolute atomic E-state index is 0.101. The van der Waals surface area contributed by atoms with Gasteiger partial charge in [0.1, 0.15) is 5.69 Å². The van der Waals surface area contributed by atoms with Gasteiger partial charge in [-0.25, -0.2) is 4.98 Å². The zero-order valence-electron chi connectivity index (χ0n) is 14.0. The highest BCUT2D eigenvalue weighted by Gasteiger charge is 2.46. The Morgan fingerprint density at radius 2 is 2.08 bits per heavy atom. The number of nitrogens with zero attached hydrogens (tertiary/aromatic N) is 3. The molecule has 0 unspecified atom stereocenters. The van der Waals surface area contributed by atoms with Crippen molar-refractivity contribution in [1.82, 2.24) is 14.8 Å². The molecule has 2 aliphatic rings. The maximum atomic E-state index is 13.1. The third kappa shape index (κ3) is 2.76. The molecule has 5 heteroatoms. The molecule has 4 rings (SSSR count). The van der Waals surface area contributed by atoms with E-state index in [1.165, 1.54) is 29.7 Å². The third-order valence-corrected chi connectivity index (χ3v) is 6.09. The molecule has 0 saturated carbocycles. The number of likely N-dealkylation sites (tertiary alicyclic amines) is 2. The van der Waals surface area contributed by atoms with E-state index in [-0.39, 0.29) is 11.9 Å². The smallest absolute Gasteiger partial charge is 0.273 e. The van der Waals surface area contributed by atoms with E-state index in [2.05, 4.69) is 52.2 Å². The first-order valence-electron chi connectivity index (χ1n) is 8.70. The van der Waals surface area contributed by atoms with Gasteiger partial charge in [-0.3, -0.25) is 4.79 Å². The Hall–Kier alpha value is -1.72. The summed E-state index contributed by atoms with van der Waals surface area (Å²) in [5, 5.41) is 1.87. The van der Waals surface area contributed by atoms with Gasteiger partial charge < -0.3 is 9.80 Å². The summed E-state index contributed by atoms with van der Waals surface area (Å²) in [5.41, 5.74) is 3.69. The van der Waals surface area contributed by atoms with Gasteiger partial charge in [0.2, 0.25) is 0 Å². The number of carbonyl (C=O) groups excluding carboxylic acids is 1. The minimum atomic E-state index is 0.101. The van der Waals surface area contributed by atoms with E-state index in [4.69, 9.17) is 0 Å². The molecule has 0 N–H and O–H groups in total. The van der Waals surface area contributed by atoms with Crippen LogP contribution in [-0.4, -0.2) is 52.9 Å². The van der Waals surface area contributed by atoms with Gasteiger partial charge in [-0.2, -0.15) is 0 Å². The van der Waals surface area contributed by atoms with Crippen LogP contribution in [0.15, 0.2) is 41.2 Å². The number of carbonyl (C=O) groups is 1. The van der Waals surface area contributed by atoms with Crippen molar-refractivity contribution in [3.63, 3.8) is 0 Å². The first-order valence-corrected chi connectivity index (χ1v) is 9.64. The molecule has 2 aromatic rings. The first kappa shape index (κ1) is 15.8.